The first-order valence-electron chi connectivity index (χ1n) is 8.62. The van der Waals surface area contributed by atoms with Crippen molar-refractivity contribution < 1.29 is 0 Å². The van der Waals surface area contributed by atoms with Crippen LogP contribution in [-0.2, 0) is 0 Å². The van der Waals surface area contributed by atoms with Gasteiger partial charge in [-0.15, -0.1) is 24.0 Å². The van der Waals surface area contributed by atoms with E-state index in [-0.39, 0.29) is 24.0 Å². The number of hydrogen-bond acceptors (Lipinski definition) is 2. The van der Waals surface area contributed by atoms with Crippen LogP contribution >= 0.6 is 24.0 Å². The third kappa shape index (κ3) is 7.17. The quantitative estimate of drug-likeness (QED) is 0.387. The summed E-state index contributed by atoms with van der Waals surface area (Å²) in [6, 6.07) is 1.48. The Morgan fingerprint density at radius 1 is 1.10 bits per heavy atom. The summed E-state index contributed by atoms with van der Waals surface area (Å²) in [5.74, 6) is 1.02. The first-order valence-corrected chi connectivity index (χ1v) is 8.62. The van der Waals surface area contributed by atoms with E-state index >= 15 is 0 Å². The maximum absolute atomic E-state index is 4.76. The van der Waals surface area contributed by atoms with Gasteiger partial charge in [0.1, 0.15) is 0 Å². The van der Waals surface area contributed by atoms with Crippen molar-refractivity contribution in [2.45, 2.75) is 70.9 Å². The van der Waals surface area contributed by atoms with Crippen molar-refractivity contribution in [2.24, 2.45) is 4.99 Å². The van der Waals surface area contributed by atoms with Crippen molar-refractivity contribution in [1.82, 2.24) is 15.5 Å². The normalized spacial score (nSPS) is 20.2. The Kier molecular flexibility index (Phi) is 9.64. The minimum absolute atomic E-state index is 0. The molecule has 0 aromatic heterocycles. The second-order valence-electron chi connectivity index (χ2n) is 6.10. The lowest BCUT2D eigenvalue weighted by atomic mass is 9.96. The molecular weight excluding hydrogens is 375 g/mol. The van der Waals surface area contributed by atoms with Crippen molar-refractivity contribution >= 4 is 29.9 Å². The minimum Gasteiger partial charge on any atom is -0.357 e. The van der Waals surface area contributed by atoms with Gasteiger partial charge in [0, 0.05) is 25.2 Å². The van der Waals surface area contributed by atoms with Crippen LogP contribution in [0.1, 0.15) is 58.8 Å². The van der Waals surface area contributed by atoms with Gasteiger partial charge in [-0.3, -0.25) is 9.89 Å². The highest BCUT2D eigenvalue weighted by atomic mass is 127. The maximum atomic E-state index is 4.76. The van der Waals surface area contributed by atoms with Crippen molar-refractivity contribution in [1.29, 1.82) is 0 Å². The van der Waals surface area contributed by atoms with Crippen LogP contribution < -0.4 is 10.6 Å². The summed E-state index contributed by atoms with van der Waals surface area (Å²) >= 11 is 0. The summed E-state index contributed by atoms with van der Waals surface area (Å²) in [6.07, 6.45) is 9.50. The van der Waals surface area contributed by atoms with Crippen molar-refractivity contribution in [3.63, 3.8) is 0 Å². The zero-order valence-corrected chi connectivity index (χ0v) is 16.1. The Morgan fingerprint density at radius 2 is 1.81 bits per heavy atom. The van der Waals surface area contributed by atoms with Gasteiger partial charge in [-0.25, -0.2) is 0 Å². The third-order valence-electron chi connectivity index (χ3n) is 4.42. The van der Waals surface area contributed by atoms with Gasteiger partial charge in [0.05, 0.1) is 6.54 Å². The molecule has 2 aliphatic rings. The Morgan fingerprint density at radius 3 is 2.38 bits per heavy atom. The summed E-state index contributed by atoms with van der Waals surface area (Å²) in [7, 11) is 0. The van der Waals surface area contributed by atoms with Gasteiger partial charge in [0.2, 0.25) is 0 Å². The first kappa shape index (κ1) is 19.0. The average Bonchev–Trinajstić information content (AvgIpc) is 3.29. The highest BCUT2D eigenvalue weighted by Crippen LogP contribution is 2.25. The molecule has 124 valence electrons. The molecule has 21 heavy (non-hydrogen) atoms. The Hall–Kier alpha value is -0.0400. The van der Waals surface area contributed by atoms with Crippen LogP contribution in [0.25, 0.3) is 0 Å². The predicted octanol–water partition coefficient (Wildman–Crippen LogP) is 2.98. The molecule has 5 heteroatoms. The van der Waals surface area contributed by atoms with Crippen LogP contribution in [0.15, 0.2) is 4.99 Å². The van der Waals surface area contributed by atoms with Crippen molar-refractivity contribution in [3.8, 4) is 0 Å². The Balaban J connectivity index is 0.00000220. The van der Waals surface area contributed by atoms with Gasteiger partial charge in [0.25, 0.3) is 0 Å². The van der Waals surface area contributed by atoms with Crippen LogP contribution in [0, 0.1) is 0 Å². The fourth-order valence-corrected chi connectivity index (χ4v) is 3.09. The number of rotatable bonds is 7. The standard InChI is InChI=1S/C16H32N4.HI/c1-3-17-16(19-14-8-6-5-7-9-14)18-12-13-20(4-2)15-10-11-15;/h14-15H,3-13H2,1-2H3,(H2,17,18,19);1H. The molecule has 0 unspecified atom stereocenters. The summed E-state index contributed by atoms with van der Waals surface area (Å²) < 4.78 is 0. The molecule has 0 spiro atoms. The van der Waals surface area contributed by atoms with Gasteiger partial charge in [-0.1, -0.05) is 26.2 Å². The molecular formula is C16H33IN4. The Bertz CT molecular complexity index is 299. The molecule has 0 aromatic rings. The largest absolute Gasteiger partial charge is 0.357 e. The molecule has 0 radical (unpaired) electrons. The van der Waals surface area contributed by atoms with Crippen LogP contribution in [0.4, 0.5) is 0 Å². The monoisotopic (exact) mass is 408 g/mol. The fraction of sp³-hybridized carbons (Fsp3) is 0.938. The minimum atomic E-state index is 0. The van der Waals surface area contributed by atoms with Gasteiger partial charge in [-0.2, -0.15) is 0 Å². The number of guanidine groups is 1. The van der Waals surface area contributed by atoms with Gasteiger partial charge >= 0.3 is 0 Å². The second-order valence-corrected chi connectivity index (χ2v) is 6.10. The lowest BCUT2D eigenvalue weighted by Gasteiger charge is -2.25. The summed E-state index contributed by atoms with van der Waals surface area (Å²) in [6.45, 7) is 8.51. The van der Waals surface area contributed by atoms with E-state index < -0.39 is 0 Å². The third-order valence-corrected chi connectivity index (χ3v) is 4.42. The van der Waals surface area contributed by atoms with E-state index in [9.17, 15) is 0 Å². The van der Waals surface area contributed by atoms with Crippen LogP contribution in [0.3, 0.4) is 0 Å². The van der Waals surface area contributed by atoms with E-state index in [4.69, 9.17) is 4.99 Å². The molecule has 0 aliphatic heterocycles. The van der Waals surface area contributed by atoms with Crippen molar-refractivity contribution in [2.75, 3.05) is 26.2 Å². The lowest BCUT2D eigenvalue weighted by molar-refractivity contribution is 0.286. The average molecular weight is 408 g/mol. The highest BCUT2D eigenvalue weighted by Gasteiger charge is 2.27. The van der Waals surface area contributed by atoms with Crippen LogP contribution in [-0.4, -0.2) is 49.1 Å². The van der Waals surface area contributed by atoms with E-state index in [1.54, 1.807) is 0 Å². The molecule has 0 bridgehead atoms. The molecule has 2 fully saturated rings. The van der Waals surface area contributed by atoms with E-state index in [1.807, 2.05) is 0 Å². The van der Waals surface area contributed by atoms with E-state index in [0.29, 0.717) is 6.04 Å². The zero-order chi connectivity index (χ0) is 14.2. The highest BCUT2D eigenvalue weighted by molar-refractivity contribution is 14.0. The summed E-state index contributed by atoms with van der Waals surface area (Å²) in [4.78, 5) is 7.32. The number of likely N-dealkylation sites (N-methyl/N-ethyl adjacent to an activating group) is 1. The zero-order valence-electron chi connectivity index (χ0n) is 13.7. The number of aliphatic imine (C=N–C) groups is 1. The number of halogens is 1. The SMILES string of the molecule is CCNC(=NCCN(CC)C1CC1)NC1CCCCC1.I. The fourth-order valence-electron chi connectivity index (χ4n) is 3.09. The topological polar surface area (TPSA) is 39.7 Å². The van der Waals surface area contributed by atoms with Crippen molar-refractivity contribution in [3.05, 3.63) is 0 Å². The molecule has 0 saturated heterocycles. The second kappa shape index (κ2) is 10.6. The number of nitrogens with one attached hydrogen (secondary N) is 2. The Labute approximate surface area is 147 Å². The molecule has 2 N–H and O–H groups in total. The molecule has 4 nitrogen and oxygen atoms in total. The van der Waals surface area contributed by atoms with Gasteiger partial charge in [-0.05, 0) is 39.2 Å². The summed E-state index contributed by atoms with van der Waals surface area (Å²) in [5.41, 5.74) is 0. The molecule has 2 aliphatic carbocycles. The number of nitrogens with zero attached hydrogens (tertiary/aromatic N) is 2. The predicted molar refractivity (Wildman–Crippen MR) is 102 cm³/mol. The number of hydrogen-bond donors (Lipinski definition) is 2. The van der Waals surface area contributed by atoms with E-state index in [2.05, 4.69) is 29.4 Å². The van der Waals surface area contributed by atoms with Crippen LogP contribution in [0.5, 0.6) is 0 Å². The molecule has 2 saturated carbocycles. The first-order chi connectivity index (χ1) is 9.83. The molecule has 0 amide bonds. The van der Waals surface area contributed by atoms with E-state index in [0.717, 1.165) is 38.2 Å². The molecule has 0 heterocycles. The van der Waals surface area contributed by atoms with Gasteiger partial charge < -0.3 is 10.6 Å². The van der Waals surface area contributed by atoms with Gasteiger partial charge in [0.15, 0.2) is 5.96 Å². The van der Waals surface area contributed by atoms with E-state index in [1.165, 1.54) is 44.9 Å². The molecule has 0 atom stereocenters. The summed E-state index contributed by atoms with van der Waals surface area (Å²) in [5, 5.41) is 7.00. The van der Waals surface area contributed by atoms with Crippen LogP contribution in [0.2, 0.25) is 0 Å². The molecule has 0 aromatic carbocycles. The smallest absolute Gasteiger partial charge is 0.191 e. The molecule has 2 rings (SSSR count). The maximum Gasteiger partial charge on any atom is 0.191 e. The lowest BCUT2D eigenvalue weighted by Crippen LogP contribution is -2.44.